The number of aryl methyl sites for hydroxylation is 1. The summed E-state index contributed by atoms with van der Waals surface area (Å²) in [6, 6.07) is 0. The van der Waals surface area contributed by atoms with Crippen LogP contribution in [0.4, 0.5) is 0 Å². The Bertz CT molecular complexity index is 831. The molecule has 0 unspecified atom stereocenters. The van der Waals surface area contributed by atoms with Crippen LogP contribution < -0.4 is 11.2 Å². The number of fused-ring (bicyclic) bond motifs is 1. The average Bonchev–Trinajstić information content (AvgIpc) is 3.00. The van der Waals surface area contributed by atoms with Gasteiger partial charge in [-0.1, -0.05) is 32.6 Å². The number of carbonyl (C=O) groups excluding carboxylic acids is 1. The minimum Gasteiger partial charge on any atom is -0.444 e. The largest absolute Gasteiger partial charge is 0.444 e. The molecule has 0 radical (unpaired) electrons. The molecule has 0 amide bonds. The van der Waals surface area contributed by atoms with E-state index in [1.165, 1.54) is 28.9 Å². The number of hydrogen-bond donors (Lipinski definition) is 0. The molecule has 8 heteroatoms. The fraction of sp³-hybridized carbons (Fsp3) is 0.625. The maximum atomic E-state index is 12.2. The van der Waals surface area contributed by atoms with E-state index in [1.54, 1.807) is 7.05 Å². The molecule has 0 atom stereocenters. The molecule has 0 spiro atoms. The van der Waals surface area contributed by atoms with Crippen LogP contribution in [0, 0.1) is 0 Å². The van der Waals surface area contributed by atoms with E-state index in [0.717, 1.165) is 30.3 Å². The Morgan fingerprint density at radius 2 is 1.83 bits per heavy atom. The first kappa shape index (κ1) is 18.0. The van der Waals surface area contributed by atoms with Crippen LogP contribution in [0.15, 0.2) is 15.9 Å². The van der Waals surface area contributed by atoms with Gasteiger partial charge in [-0.3, -0.25) is 23.3 Å². The highest BCUT2D eigenvalue weighted by atomic mass is 16.5. The first-order chi connectivity index (χ1) is 11.5. The summed E-state index contributed by atoms with van der Waals surface area (Å²) in [5, 5.41) is 0. The van der Waals surface area contributed by atoms with Gasteiger partial charge < -0.3 is 4.74 Å². The van der Waals surface area contributed by atoms with E-state index in [-0.39, 0.29) is 23.9 Å². The molecule has 0 N–H and O–H groups in total. The molecule has 2 heterocycles. The van der Waals surface area contributed by atoms with E-state index in [1.807, 2.05) is 0 Å². The molecule has 8 nitrogen and oxygen atoms in total. The summed E-state index contributed by atoms with van der Waals surface area (Å²) in [5.41, 5.74) is -0.378. The van der Waals surface area contributed by atoms with E-state index in [9.17, 15) is 14.4 Å². The lowest BCUT2D eigenvalue weighted by Gasteiger charge is -2.08. The molecule has 0 aromatic carbocycles. The SMILES string of the molecule is CCCCCCCC(=O)OCn1cnc2c1c(=O)n(C)c(=O)n2C. The van der Waals surface area contributed by atoms with Crippen molar-refractivity contribution >= 4 is 17.1 Å². The molecule has 132 valence electrons. The van der Waals surface area contributed by atoms with Crippen LogP contribution in [0.2, 0.25) is 0 Å². The van der Waals surface area contributed by atoms with Gasteiger partial charge >= 0.3 is 11.7 Å². The van der Waals surface area contributed by atoms with Gasteiger partial charge in [0.1, 0.15) is 6.33 Å². The standard InChI is InChI=1S/C16H24N4O4/c1-4-5-6-7-8-9-12(21)24-11-20-10-17-14-13(20)15(22)19(3)16(23)18(14)2/h10H,4-9,11H2,1-3H3. The number of esters is 1. The Morgan fingerprint density at radius 3 is 2.54 bits per heavy atom. The lowest BCUT2D eigenvalue weighted by molar-refractivity contribution is -0.147. The minimum absolute atomic E-state index is 0.0856. The van der Waals surface area contributed by atoms with Crippen LogP contribution in [0.3, 0.4) is 0 Å². The Labute approximate surface area is 139 Å². The number of hydrogen-bond acceptors (Lipinski definition) is 5. The highest BCUT2D eigenvalue weighted by molar-refractivity contribution is 5.71. The molecular formula is C16H24N4O4. The fourth-order valence-electron chi connectivity index (χ4n) is 2.58. The third-order valence-corrected chi connectivity index (χ3v) is 4.07. The molecule has 0 aliphatic carbocycles. The van der Waals surface area contributed by atoms with Gasteiger partial charge in [0.05, 0.1) is 0 Å². The van der Waals surface area contributed by atoms with Crippen molar-refractivity contribution in [3.63, 3.8) is 0 Å². The van der Waals surface area contributed by atoms with Gasteiger partial charge in [-0.25, -0.2) is 9.78 Å². The zero-order chi connectivity index (χ0) is 17.7. The van der Waals surface area contributed by atoms with Crippen molar-refractivity contribution in [2.45, 2.75) is 52.2 Å². The number of unbranched alkanes of at least 4 members (excludes halogenated alkanes) is 4. The Kier molecular flexibility index (Phi) is 5.94. The predicted molar refractivity (Wildman–Crippen MR) is 89.7 cm³/mol. The molecule has 0 aliphatic rings. The average molecular weight is 336 g/mol. The molecule has 0 aliphatic heterocycles. The number of rotatable bonds is 8. The molecule has 2 aromatic heterocycles. The van der Waals surface area contributed by atoms with Crippen molar-refractivity contribution < 1.29 is 9.53 Å². The second-order valence-corrected chi connectivity index (χ2v) is 5.90. The number of aromatic nitrogens is 4. The molecule has 0 saturated carbocycles. The maximum absolute atomic E-state index is 12.2. The van der Waals surface area contributed by atoms with Crippen molar-refractivity contribution in [1.29, 1.82) is 0 Å². The lowest BCUT2D eigenvalue weighted by atomic mass is 10.1. The van der Waals surface area contributed by atoms with Gasteiger partial charge in [-0.15, -0.1) is 0 Å². The van der Waals surface area contributed by atoms with Crippen molar-refractivity contribution in [3.8, 4) is 0 Å². The zero-order valence-corrected chi connectivity index (χ0v) is 14.4. The van der Waals surface area contributed by atoms with Gasteiger partial charge in [0.25, 0.3) is 5.56 Å². The quantitative estimate of drug-likeness (QED) is 0.535. The molecule has 24 heavy (non-hydrogen) atoms. The van der Waals surface area contributed by atoms with Gasteiger partial charge in [0, 0.05) is 20.5 Å². The summed E-state index contributed by atoms with van der Waals surface area (Å²) in [6.45, 7) is 2.06. The topological polar surface area (TPSA) is 88.1 Å². The highest BCUT2D eigenvalue weighted by Crippen LogP contribution is 2.08. The number of carbonyl (C=O) groups is 1. The third-order valence-electron chi connectivity index (χ3n) is 4.07. The van der Waals surface area contributed by atoms with Crippen molar-refractivity contribution in [2.75, 3.05) is 0 Å². The number of imidazole rings is 1. The molecule has 0 bridgehead atoms. The van der Waals surface area contributed by atoms with Gasteiger partial charge in [0.15, 0.2) is 17.9 Å². The molecular weight excluding hydrogens is 312 g/mol. The van der Waals surface area contributed by atoms with Crippen LogP contribution in [0.25, 0.3) is 11.2 Å². The van der Waals surface area contributed by atoms with Gasteiger partial charge in [-0.2, -0.15) is 0 Å². The first-order valence-electron chi connectivity index (χ1n) is 8.23. The fourth-order valence-corrected chi connectivity index (χ4v) is 2.58. The molecule has 0 fully saturated rings. The van der Waals surface area contributed by atoms with Crippen LogP contribution in [-0.4, -0.2) is 24.7 Å². The van der Waals surface area contributed by atoms with Crippen LogP contribution in [0.5, 0.6) is 0 Å². The van der Waals surface area contributed by atoms with Crippen LogP contribution in [0.1, 0.15) is 45.4 Å². The molecule has 0 saturated heterocycles. The third kappa shape index (κ3) is 3.74. The second kappa shape index (κ2) is 7.94. The van der Waals surface area contributed by atoms with E-state index in [0.29, 0.717) is 6.42 Å². The Hall–Kier alpha value is -2.38. The first-order valence-corrected chi connectivity index (χ1v) is 8.23. The van der Waals surface area contributed by atoms with E-state index < -0.39 is 11.2 Å². The zero-order valence-electron chi connectivity index (χ0n) is 14.4. The Morgan fingerprint density at radius 1 is 1.12 bits per heavy atom. The maximum Gasteiger partial charge on any atom is 0.332 e. The van der Waals surface area contributed by atoms with Gasteiger partial charge in [0.2, 0.25) is 0 Å². The smallest absolute Gasteiger partial charge is 0.332 e. The predicted octanol–water partition coefficient (Wildman–Crippen LogP) is 1.29. The molecule has 2 rings (SSSR count). The number of ether oxygens (including phenoxy) is 1. The summed E-state index contributed by atoms with van der Waals surface area (Å²) in [7, 11) is 2.95. The molecule has 2 aromatic rings. The monoisotopic (exact) mass is 336 g/mol. The number of nitrogens with zero attached hydrogens (tertiary/aromatic N) is 4. The van der Waals surface area contributed by atoms with Crippen LogP contribution in [-0.2, 0) is 30.4 Å². The van der Waals surface area contributed by atoms with E-state index >= 15 is 0 Å². The minimum atomic E-state index is -0.457. The van der Waals surface area contributed by atoms with Crippen molar-refractivity contribution in [3.05, 3.63) is 27.2 Å². The summed E-state index contributed by atoms with van der Waals surface area (Å²) < 4.78 is 8.97. The summed E-state index contributed by atoms with van der Waals surface area (Å²) in [5.74, 6) is -0.296. The summed E-state index contributed by atoms with van der Waals surface area (Å²) in [6.07, 6.45) is 7.06. The van der Waals surface area contributed by atoms with Crippen molar-refractivity contribution in [2.24, 2.45) is 14.1 Å². The Balaban J connectivity index is 2.03. The summed E-state index contributed by atoms with van der Waals surface area (Å²) >= 11 is 0. The van der Waals surface area contributed by atoms with E-state index in [2.05, 4.69) is 11.9 Å². The summed E-state index contributed by atoms with van der Waals surface area (Å²) in [4.78, 5) is 40.0. The van der Waals surface area contributed by atoms with E-state index in [4.69, 9.17) is 4.74 Å². The normalized spacial score (nSPS) is 11.1. The second-order valence-electron chi connectivity index (χ2n) is 5.90. The lowest BCUT2D eigenvalue weighted by Crippen LogP contribution is -2.37. The highest BCUT2D eigenvalue weighted by Gasteiger charge is 2.15. The van der Waals surface area contributed by atoms with Crippen LogP contribution >= 0.6 is 0 Å². The van der Waals surface area contributed by atoms with Crippen molar-refractivity contribution in [1.82, 2.24) is 18.7 Å². The van der Waals surface area contributed by atoms with Gasteiger partial charge in [-0.05, 0) is 6.42 Å².